The molecule has 114 valence electrons. The van der Waals surface area contributed by atoms with E-state index >= 15 is 0 Å². The topological polar surface area (TPSA) is 96.0 Å². The molecule has 5 rings (SSSR count). The van der Waals surface area contributed by atoms with E-state index in [9.17, 15) is 0 Å². The van der Waals surface area contributed by atoms with Crippen molar-refractivity contribution in [2.45, 2.75) is 0 Å². The molecule has 0 aliphatic rings. The second kappa shape index (κ2) is 4.95. The quantitative estimate of drug-likeness (QED) is 0.522. The molecule has 0 fully saturated rings. The normalized spacial score (nSPS) is 11.3. The lowest BCUT2D eigenvalue weighted by Crippen LogP contribution is -1.89. The van der Waals surface area contributed by atoms with Crippen LogP contribution in [-0.4, -0.2) is 35.1 Å². The summed E-state index contributed by atoms with van der Waals surface area (Å²) in [5.41, 5.74) is 5.83. The first-order valence-electron chi connectivity index (χ1n) is 7.43. The smallest absolute Gasteiger partial charge is 0.135 e. The van der Waals surface area contributed by atoms with E-state index < -0.39 is 0 Å². The van der Waals surface area contributed by atoms with Crippen LogP contribution >= 0.6 is 0 Å². The van der Waals surface area contributed by atoms with E-state index in [1.807, 2.05) is 30.5 Å². The second-order valence-corrected chi connectivity index (χ2v) is 5.40. The average molecular weight is 313 g/mol. The van der Waals surface area contributed by atoms with Gasteiger partial charge in [-0.3, -0.25) is 20.1 Å². The Morgan fingerprint density at radius 3 is 2.67 bits per heavy atom. The van der Waals surface area contributed by atoms with Gasteiger partial charge in [0.05, 0.1) is 23.1 Å². The average Bonchev–Trinajstić information content (AvgIpc) is 3.25. The number of aromatic nitrogens is 7. The molecule has 0 aliphatic heterocycles. The van der Waals surface area contributed by atoms with E-state index in [1.54, 1.807) is 24.8 Å². The van der Waals surface area contributed by atoms with Crippen molar-refractivity contribution in [1.29, 1.82) is 0 Å². The van der Waals surface area contributed by atoms with Gasteiger partial charge in [0.25, 0.3) is 0 Å². The Balaban J connectivity index is 1.71. The van der Waals surface area contributed by atoms with Gasteiger partial charge in [0.2, 0.25) is 0 Å². The summed E-state index contributed by atoms with van der Waals surface area (Å²) in [5.74, 6) is 0. The summed E-state index contributed by atoms with van der Waals surface area (Å²) in [4.78, 5) is 20.6. The number of hydrogen-bond donors (Lipinski definition) is 2. The maximum atomic E-state index is 4.72. The summed E-state index contributed by atoms with van der Waals surface area (Å²) in [7, 11) is 0. The van der Waals surface area contributed by atoms with Gasteiger partial charge in [-0.15, -0.1) is 0 Å². The summed E-state index contributed by atoms with van der Waals surface area (Å²) < 4.78 is 0. The van der Waals surface area contributed by atoms with Crippen molar-refractivity contribution in [3.8, 4) is 22.8 Å². The fourth-order valence-electron chi connectivity index (χ4n) is 2.76. The molecule has 0 saturated carbocycles. The Hall–Kier alpha value is -3.61. The van der Waals surface area contributed by atoms with Crippen LogP contribution in [0, 0.1) is 0 Å². The molecule has 24 heavy (non-hydrogen) atoms. The Morgan fingerprint density at radius 2 is 1.79 bits per heavy atom. The number of hydrogen-bond acceptors (Lipinski definition) is 5. The number of rotatable bonds is 2. The van der Waals surface area contributed by atoms with Crippen LogP contribution in [0.2, 0.25) is 0 Å². The predicted molar refractivity (Wildman–Crippen MR) is 90.0 cm³/mol. The zero-order chi connectivity index (χ0) is 15.9. The molecule has 0 aromatic carbocycles. The van der Waals surface area contributed by atoms with Gasteiger partial charge in [-0.25, -0.2) is 4.98 Å². The number of nitrogens with one attached hydrogen (secondary N) is 2. The second-order valence-electron chi connectivity index (χ2n) is 5.40. The van der Waals surface area contributed by atoms with E-state index in [0.29, 0.717) is 0 Å². The van der Waals surface area contributed by atoms with Gasteiger partial charge in [0.1, 0.15) is 16.9 Å². The molecule has 0 atom stereocenters. The molecule has 0 amide bonds. The number of nitrogens with zero attached hydrogens (tertiary/aromatic N) is 5. The Labute approximate surface area is 135 Å². The molecule has 5 heterocycles. The highest BCUT2D eigenvalue weighted by atomic mass is 15.1. The van der Waals surface area contributed by atoms with E-state index in [1.165, 1.54) is 0 Å². The van der Waals surface area contributed by atoms with Gasteiger partial charge in [-0.05, 0) is 24.3 Å². The van der Waals surface area contributed by atoms with Crippen LogP contribution in [0.25, 0.3) is 44.7 Å². The van der Waals surface area contributed by atoms with E-state index in [0.717, 1.165) is 44.7 Å². The predicted octanol–water partition coefficient (Wildman–Crippen LogP) is 2.96. The van der Waals surface area contributed by atoms with E-state index in [2.05, 4.69) is 30.1 Å². The highest BCUT2D eigenvalue weighted by Gasteiger charge is 2.13. The standard InChI is InChI=1S/C17H11N7/c1-2-13-16(22-12(1)15-9-19-5-6-20-15)17(24-23-13)14-7-10-8-18-4-3-11(10)21-14/h1-9,21H,(H,23,24). The van der Waals surface area contributed by atoms with Crippen molar-refractivity contribution in [1.82, 2.24) is 35.1 Å². The fourth-order valence-corrected chi connectivity index (χ4v) is 2.76. The van der Waals surface area contributed by atoms with E-state index in [-0.39, 0.29) is 0 Å². The fraction of sp³-hybridized carbons (Fsp3) is 0. The number of pyridine rings is 2. The Morgan fingerprint density at radius 1 is 0.833 bits per heavy atom. The molecule has 0 radical (unpaired) electrons. The van der Waals surface area contributed by atoms with Crippen LogP contribution in [0.4, 0.5) is 0 Å². The summed E-state index contributed by atoms with van der Waals surface area (Å²) in [6, 6.07) is 7.82. The third kappa shape index (κ3) is 1.95. The molecule has 0 spiro atoms. The maximum Gasteiger partial charge on any atom is 0.135 e. The molecule has 5 aromatic rings. The van der Waals surface area contributed by atoms with Crippen LogP contribution in [0.3, 0.4) is 0 Å². The molecular formula is C17H11N7. The lowest BCUT2D eigenvalue weighted by atomic mass is 10.2. The lowest BCUT2D eigenvalue weighted by Gasteiger charge is -1.99. The molecule has 7 nitrogen and oxygen atoms in total. The molecule has 5 aromatic heterocycles. The van der Waals surface area contributed by atoms with Crippen molar-refractivity contribution < 1.29 is 0 Å². The van der Waals surface area contributed by atoms with Gasteiger partial charge in [-0.1, -0.05) is 0 Å². The molecule has 7 heteroatoms. The van der Waals surface area contributed by atoms with Crippen molar-refractivity contribution in [3.63, 3.8) is 0 Å². The summed E-state index contributed by atoms with van der Waals surface area (Å²) in [5, 5.41) is 8.48. The van der Waals surface area contributed by atoms with Gasteiger partial charge < -0.3 is 4.98 Å². The van der Waals surface area contributed by atoms with E-state index in [4.69, 9.17) is 4.98 Å². The third-order valence-electron chi connectivity index (χ3n) is 3.91. The van der Waals surface area contributed by atoms with Crippen LogP contribution in [0.1, 0.15) is 0 Å². The maximum absolute atomic E-state index is 4.72. The third-order valence-corrected chi connectivity index (χ3v) is 3.91. The zero-order valence-electron chi connectivity index (χ0n) is 12.4. The molecule has 0 bridgehead atoms. The SMILES string of the molecule is c1cnc(-c2ccc3[nH]nc(-c4cc5cnccc5[nH]4)c3n2)cn1. The van der Waals surface area contributed by atoms with Crippen molar-refractivity contribution in [3.05, 3.63) is 55.2 Å². The first-order valence-corrected chi connectivity index (χ1v) is 7.43. The minimum absolute atomic E-state index is 0.729. The van der Waals surface area contributed by atoms with Gasteiger partial charge in [0.15, 0.2) is 0 Å². The lowest BCUT2D eigenvalue weighted by molar-refractivity contribution is 1.12. The zero-order valence-corrected chi connectivity index (χ0v) is 12.4. The largest absolute Gasteiger partial charge is 0.353 e. The summed E-state index contributed by atoms with van der Waals surface area (Å²) >= 11 is 0. The summed E-state index contributed by atoms with van der Waals surface area (Å²) in [6.07, 6.45) is 8.58. The Bertz CT molecular complexity index is 1120. The molecule has 0 unspecified atom stereocenters. The molecule has 2 N–H and O–H groups in total. The number of aromatic amines is 2. The first-order chi connectivity index (χ1) is 11.9. The van der Waals surface area contributed by atoms with Crippen molar-refractivity contribution in [2.75, 3.05) is 0 Å². The van der Waals surface area contributed by atoms with Crippen LogP contribution in [0.15, 0.2) is 55.2 Å². The van der Waals surface area contributed by atoms with Gasteiger partial charge in [-0.2, -0.15) is 5.10 Å². The number of fused-ring (bicyclic) bond motifs is 2. The highest BCUT2D eigenvalue weighted by Crippen LogP contribution is 2.28. The monoisotopic (exact) mass is 313 g/mol. The summed E-state index contributed by atoms with van der Waals surface area (Å²) in [6.45, 7) is 0. The highest BCUT2D eigenvalue weighted by molar-refractivity contribution is 5.93. The Kier molecular flexibility index (Phi) is 2.66. The van der Waals surface area contributed by atoms with Crippen LogP contribution in [-0.2, 0) is 0 Å². The van der Waals surface area contributed by atoms with Crippen LogP contribution in [0.5, 0.6) is 0 Å². The van der Waals surface area contributed by atoms with Crippen molar-refractivity contribution >= 4 is 21.9 Å². The molecule has 0 saturated heterocycles. The first kappa shape index (κ1) is 12.9. The van der Waals surface area contributed by atoms with Gasteiger partial charge in [0, 0.05) is 35.7 Å². The van der Waals surface area contributed by atoms with Crippen molar-refractivity contribution in [2.24, 2.45) is 0 Å². The molecule has 0 aliphatic carbocycles. The minimum atomic E-state index is 0.729. The minimum Gasteiger partial charge on any atom is -0.353 e. The van der Waals surface area contributed by atoms with Gasteiger partial charge >= 0.3 is 0 Å². The number of H-pyrrole nitrogens is 2. The molecular weight excluding hydrogens is 302 g/mol. The van der Waals surface area contributed by atoms with Crippen LogP contribution < -0.4 is 0 Å².